The van der Waals surface area contributed by atoms with Crippen LogP contribution in [0.25, 0.3) is 21.9 Å². The highest BCUT2D eigenvalue weighted by Crippen LogP contribution is 2.39. The molecule has 0 atom stereocenters. The lowest BCUT2D eigenvalue weighted by Crippen LogP contribution is -2.00. The topological polar surface area (TPSA) is 0 Å². The zero-order valence-electron chi connectivity index (χ0n) is 13.8. The van der Waals surface area contributed by atoms with Gasteiger partial charge in [0.25, 0.3) is 0 Å². The van der Waals surface area contributed by atoms with Gasteiger partial charge in [0.1, 0.15) is 0 Å². The quantitative estimate of drug-likeness (QED) is 0.451. The summed E-state index contributed by atoms with van der Waals surface area (Å²) in [6.45, 7) is 11.2. The van der Waals surface area contributed by atoms with Crippen molar-refractivity contribution in [3.05, 3.63) is 68.7 Å². The molecule has 3 rings (SSSR count). The standard InChI is InChI=1S/C21H21Br/c1-12-13(2)15(4)21(16(5)14(12)3)19-10-11-20(22)18-9-7-6-8-17(18)19/h6-11H,1-5H3. The highest BCUT2D eigenvalue weighted by Gasteiger charge is 2.16. The van der Waals surface area contributed by atoms with E-state index in [-0.39, 0.29) is 0 Å². The van der Waals surface area contributed by atoms with Gasteiger partial charge >= 0.3 is 0 Å². The molecule has 0 fully saturated rings. The van der Waals surface area contributed by atoms with Crippen molar-refractivity contribution in [1.82, 2.24) is 0 Å². The van der Waals surface area contributed by atoms with E-state index in [2.05, 4.69) is 86.9 Å². The maximum atomic E-state index is 3.68. The summed E-state index contributed by atoms with van der Waals surface area (Å²) in [6.07, 6.45) is 0. The largest absolute Gasteiger partial charge is 0.0616 e. The second kappa shape index (κ2) is 5.55. The van der Waals surface area contributed by atoms with Crippen LogP contribution in [-0.4, -0.2) is 0 Å². The summed E-state index contributed by atoms with van der Waals surface area (Å²) >= 11 is 3.68. The lowest BCUT2D eigenvalue weighted by Gasteiger charge is -2.20. The Balaban J connectivity index is 2.46. The summed E-state index contributed by atoms with van der Waals surface area (Å²) in [5, 5.41) is 2.58. The third-order valence-corrected chi connectivity index (χ3v) is 5.83. The first kappa shape index (κ1) is 15.3. The van der Waals surface area contributed by atoms with Gasteiger partial charge < -0.3 is 0 Å². The van der Waals surface area contributed by atoms with Gasteiger partial charge in [0, 0.05) is 4.47 Å². The van der Waals surface area contributed by atoms with Gasteiger partial charge in [-0.3, -0.25) is 0 Å². The molecule has 0 unspecified atom stereocenters. The minimum absolute atomic E-state index is 1.16. The molecule has 3 aromatic carbocycles. The van der Waals surface area contributed by atoms with Gasteiger partial charge in [-0.2, -0.15) is 0 Å². The van der Waals surface area contributed by atoms with E-state index in [0.29, 0.717) is 0 Å². The Morgan fingerprint density at radius 1 is 0.591 bits per heavy atom. The normalized spacial score (nSPS) is 11.2. The Morgan fingerprint density at radius 3 is 1.68 bits per heavy atom. The summed E-state index contributed by atoms with van der Waals surface area (Å²) in [5.74, 6) is 0. The SMILES string of the molecule is Cc1c(C)c(C)c(-c2ccc(Br)c3ccccc23)c(C)c1C. The van der Waals surface area contributed by atoms with Crippen LogP contribution in [0.3, 0.4) is 0 Å². The predicted molar refractivity (Wildman–Crippen MR) is 101 cm³/mol. The first-order valence-corrected chi connectivity index (χ1v) is 8.47. The minimum atomic E-state index is 1.16. The van der Waals surface area contributed by atoms with E-state index in [9.17, 15) is 0 Å². The van der Waals surface area contributed by atoms with Crippen molar-refractivity contribution >= 4 is 26.7 Å². The molecule has 0 N–H and O–H groups in total. The van der Waals surface area contributed by atoms with Crippen LogP contribution in [0.15, 0.2) is 40.9 Å². The third kappa shape index (κ3) is 2.19. The van der Waals surface area contributed by atoms with E-state index < -0.39 is 0 Å². The van der Waals surface area contributed by atoms with Gasteiger partial charge in [-0.05, 0) is 90.4 Å². The van der Waals surface area contributed by atoms with E-state index in [1.807, 2.05) is 0 Å². The molecule has 0 aliphatic heterocycles. The van der Waals surface area contributed by atoms with Crippen LogP contribution >= 0.6 is 15.9 Å². The van der Waals surface area contributed by atoms with Crippen molar-refractivity contribution in [2.24, 2.45) is 0 Å². The highest BCUT2D eigenvalue weighted by molar-refractivity contribution is 9.10. The second-order valence-electron chi connectivity index (χ2n) is 6.14. The van der Waals surface area contributed by atoms with Crippen LogP contribution in [0.4, 0.5) is 0 Å². The van der Waals surface area contributed by atoms with E-state index in [1.54, 1.807) is 0 Å². The molecule has 3 aromatic rings. The fraction of sp³-hybridized carbons (Fsp3) is 0.238. The van der Waals surface area contributed by atoms with Gasteiger partial charge in [0.05, 0.1) is 0 Å². The van der Waals surface area contributed by atoms with E-state index in [4.69, 9.17) is 0 Å². The van der Waals surface area contributed by atoms with Crippen LogP contribution in [0.5, 0.6) is 0 Å². The lowest BCUT2D eigenvalue weighted by atomic mass is 9.85. The van der Waals surface area contributed by atoms with Crippen molar-refractivity contribution in [3.63, 3.8) is 0 Å². The molecule has 0 nitrogen and oxygen atoms in total. The molecule has 0 radical (unpaired) electrons. The van der Waals surface area contributed by atoms with Gasteiger partial charge in [-0.1, -0.05) is 46.3 Å². The summed E-state index contributed by atoms with van der Waals surface area (Å²) in [7, 11) is 0. The molecule has 0 amide bonds. The molecule has 0 aliphatic rings. The summed E-state index contributed by atoms with van der Waals surface area (Å²) < 4.78 is 1.16. The molecule has 0 aliphatic carbocycles. The van der Waals surface area contributed by atoms with Gasteiger partial charge in [0.15, 0.2) is 0 Å². The zero-order valence-corrected chi connectivity index (χ0v) is 15.4. The average Bonchev–Trinajstić information content (AvgIpc) is 2.53. The first-order valence-electron chi connectivity index (χ1n) is 7.68. The molecule has 0 heterocycles. The van der Waals surface area contributed by atoms with E-state index >= 15 is 0 Å². The lowest BCUT2D eigenvalue weighted by molar-refractivity contribution is 1.18. The van der Waals surface area contributed by atoms with Crippen molar-refractivity contribution in [2.45, 2.75) is 34.6 Å². The summed E-state index contributed by atoms with van der Waals surface area (Å²) in [5.41, 5.74) is 9.75. The molecular formula is C21H21Br. The van der Waals surface area contributed by atoms with Crippen LogP contribution in [0, 0.1) is 34.6 Å². The van der Waals surface area contributed by atoms with Crippen LogP contribution < -0.4 is 0 Å². The van der Waals surface area contributed by atoms with Crippen molar-refractivity contribution in [2.75, 3.05) is 0 Å². The van der Waals surface area contributed by atoms with Gasteiger partial charge in [0.2, 0.25) is 0 Å². The summed E-state index contributed by atoms with van der Waals surface area (Å²) in [6, 6.07) is 13.0. The minimum Gasteiger partial charge on any atom is -0.0616 e. The van der Waals surface area contributed by atoms with Crippen LogP contribution in [0.1, 0.15) is 27.8 Å². The number of rotatable bonds is 1. The average molecular weight is 353 g/mol. The van der Waals surface area contributed by atoms with Crippen LogP contribution in [0.2, 0.25) is 0 Å². The zero-order chi connectivity index (χ0) is 16.0. The van der Waals surface area contributed by atoms with Gasteiger partial charge in [-0.25, -0.2) is 0 Å². The third-order valence-electron chi connectivity index (χ3n) is 5.14. The smallest absolute Gasteiger partial charge is 0.0254 e. The molecule has 0 saturated heterocycles. The number of benzene rings is 3. The Kier molecular flexibility index (Phi) is 3.86. The molecule has 22 heavy (non-hydrogen) atoms. The molecule has 0 spiro atoms. The van der Waals surface area contributed by atoms with E-state index in [1.165, 1.54) is 49.7 Å². The molecule has 0 aromatic heterocycles. The molecule has 1 heteroatoms. The molecule has 0 saturated carbocycles. The molecule has 0 bridgehead atoms. The van der Waals surface area contributed by atoms with Crippen molar-refractivity contribution in [1.29, 1.82) is 0 Å². The highest BCUT2D eigenvalue weighted by atomic mass is 79.9. The Labute approximate surface area is 141 Å². The maximum absolute atomic E-state index is 3.68. The number of hydrogen-bond acceptors (Lipinski definition) is 0. The summed E-state index contributed by atoms with van der Waals surface area (Å²) in [4.78, 5) is 0. The van der Waals surface area contributed by atoms with Crippen molar-refractivity contribution < 1.29 is 0 Å². The Hall–Kier alpha value is -1.60. The molecule has 112 valence electrons. The monoisotopic (exact) mass is 352 g/mol. The Bertz CT molecular complexity index is 859. The number of fused-ring (bicyclic) bond motifs is 1. The molecular weight excluding hydrogens is 332 g/mol. The number of halogens is 1. The fourth-order valence-electron chi connectivity index (χ4n) is 3.38. The second-order valence-corrected chi connectivity index (χ2v) is 6.99. The van der Waals surface area contributed by atoms with E-state index in [0.717, 1.165) is 4.47 Å². The number of hydrogen-bond donors (Lipinski definition) is 0. The van der Waals surface area contributed by atoms with Crippen LogP contribution in [-0.2, 0) is 0 Å². The first-order chi connectivity index (χ1) is 10.4. The predicted octanol–water partition coefficient (Wildman–Crippen LogP) is 6.81. The van der Waals surface area contributed by atoms with Gasteiger partial charge in [-0.15, -0.1) is 0 Å². The maximum Gasteiger partial charge on any atom is 0.0254 e. The Morgan fingerprint density at radius 2 is 1.09 bits per heavy atom. The van der Waals surface area contributed by atoms with Crippen molar-refractivity contribution in [3.8, 4) is 11.1 Å². The fourth-order valence-corrected chi connectivity index (χ4v) is 3.86.